The van der Waals surface area contributed by atoms with E-state index < -0.39 is 29.7 Å². The van der Waals surface area contributed by atoms with Crippen molar-refractivity contribution in [3.05, 3.63) is 77.4 Å². The monoisotopic (exact) mass is 473 g/mol. The molecule has 1 atom stereocenters. The highest BCUT2D eigenvalue weighted by molar-refractivity contribution is 6.04. The molecule has 3 rings (SSSR count). The van der Waals surface area contributed by atoms with Crippen LogP contribution < -0.4 is 10.1 Å². The van der Waals surface area contributed by atoms with Gasteiger partial charge in [0.2, 0.25) is 0 Å². The van der Waals surface area contributed by atoms with Crippen LogP contribution in [0.25, 0.3) is 10.8 Å². The number of benzene rings is 3. The summed E-state index contributed by atoms with van der Waals surface area (Å²) in [6.07, 6.45) is -3.26. The number of carboxylic acids is 1. The number of fused-ring (bicyclic) bond motifs is 1. The van der Waals surface area contributed by atoms with Gasteiger partial charge in [0, 0.05) is 5.39 Å². The molecule has 2 N–H and O–H groups in total. The van der Waals surface area contributed by atoms with E-state index in [0.717, 1.165) is 17.5 Å². The Bertz CT molecular complexity index is 1150. The zero-order chi connectivity index (χ0) is 24.9. The van der Waals surface area contributed by atoms with E-state index in [1.54, 1.807) is 24.3 Å². The maximum atomic E-state index is 13.1. The van der Waals surface area contributed by atoms with Crippen LogP contribution in [0.4, 0.5) is 13.2 Å². The van der Waals surface area contributed by atoms with Crippen LogP contribution in [0.15, 0.2) is 60.7 Å². The zero-order valence-corrected chi connectivity index (χ0v) is 18.9. The molecule has 0 aromatic heterocycles. The molecular formula is C26H26F3NO4. The average Bonchev–Trinajstić information content (AvgIpc) is 2.82. The molecule has 0 radical (unpaired) electrons. The Labute approximate surface area is 195 Å². The Hall–Kier alpha value is -3.55. The molecule has 0 heterocycles. The van der Waals surface area contributed by atoms with Crippen LogP contribution in [0.2, 0.25) is 0 Å². The fraction of sp³-hybridized carbons (Fsp3) is 0.308. The Balaban J connectivity index is 1.92. The first-order valence-corrected chi connectivity index (χ1v) is 11.0. The molecule has 0 aliphatic heterocycles. The SMILES string of the molecule is CCC(CC)C(NC(=O)c1ccc2ccccc2c1OCc1ccc(C(F)(F)F)cc1)C(=O)O. The maximum Gasteiger partial charge on any atom is 0.416 e. The number of halogens is 3. The van der Waals surface area contributed by atoms with E-state index in [4.69, 9.17) is 4.74 Å². The molecule has 0 bridgehead atoms. The minimum absolute atomic E-state index is 0.0681. The van der Waals surface area contributed by atoms with Crippen molar-refractivity contribution in [3.8, 4) is 5.75 Å². The quantitative estimate of drug-likeness (QED) is 0.396. The maximum absolute atomic E-state index is 13.1. The van der Waals surface area contributed by atoms with E-state index in [-0.39, 0.29) is 23.8 Å². The van der Waals surface area contributed by atoms with Gasteiger partial charge in [-0.1, -0.05) is 69.2 Å². The lowest BCUT2D eigenvalue weighted by Crippen LogP contribution is -2.45. The third-order valence-corrected chi connectivity index (χ3v) is 5.86. The van der Waals surface area contributed by atoms with Gasteiger partial charge in [-0.15, -0.1) is 0 Å². The molecule has 0 saturated heterocycles. The Morgan fingerprint density at radius 3 is 2.21 bits per heavy atom. The van der Waals surface area contributed by atoms with Crippen molar-refractivity contribution in [3.63, 3.8) is 0 Å². The molecule has 3 aromatic rings. The predicted molar refractivity (Wildman–Crippen MR) is 123 cm³/mol. The molecule has 0 spiro atoms. The molecule has 3 aromatic carbocycles. The van der Waals surface area contributed by atoms with E-state index in [9.17, 15) is 27.9 Å². The van der Waals surface area contributed by atoms with Crippen LogP contribution >= 0.6 is 0 Å². The molecule has 8 heteroatoms. The fourth-order valence-electron chi connectivity index (χ4n) is 3.88. The highest BCUT2D eigenvalue weighted by Gasteiger charge is 2.30. The van der Waals surface area contributed by atoms with Crippen molar-refractivity contribution < 1.29 is 32.6 Å². The Morgan fingerprint density at radius 2 is 1.62 bits per heavy atom. The molecule has 0 saturated carbocycles. The normalized spacial score (nSPS) is 12.5. The second kappa shape index (κ2) is 10.6. The van der Waals surface area contributed by atoms with Crippen LogP contribution in [0, 0.1) is 5.92 Å². The summed E-state index contributed by atoms with van der Waals surface area (Å²) in [5.74, 6) is -1.70. The summed E-state index contributed by atoms with van der Waals surface area (Å²) in [7, 11) is 0. The summed E-state index contributed by atoms with van der Waals surface area (Å²) in [5.41, 5.74) is -0.113. The van der Waals surface area contributed by atoms with E-state index in [1.807, 2.05) is 26.0 Å². The molecule has 0 aliphatic carbocycles. The number of rotatable bonds is 9. The Morgan fingerprint density at radius 1 is 0.971 bits per heavy atom. The highest BCUT2D eigenvalue weighted by atomic mass is 19.4. The van der Waals surface area contributed by atoms with Crippen molar-refractivity contribution in [2.24, 2.45) is 5.92 Å². The van der Waals surface area contributed by atoms with Gasteiger partial charge >= 0.3 is 12.1 Å². The lowest BCUT2D eigenvalue weighted by atomic mass is 9.93. The third-order valence-electron chi connectivity index (χ3n) is 5.86. The van der Waals surface area contributed by atoms with Crippen LogP contribution in [-0.4, -0.2) is 23.0 Å². The number of aliphatic carboxylic acids is 1. The number of alkyl halides is 3. The second-order valence-electron chi connectivity index (χ2n) is 8.01. The lowest BCUT2D eigenvalue weighted by molar-refractivity contribution is -0.141. The second-order valence-corrected chi connectivity index (χ2v) is 8.01. The van der Waals surface area contributed by atoms with Crippen LogP contribution in [0.3, 0.4) is 0 Å². The number of carbonyl (C=O) groups excluding carboxylic acids is 1. The van der Waals surface area contributed by atoms with Crippen LogP contribution in [0.1, 0.15) is 48.2 Å². The first-order valence-electron chi connectivity index (χ1n) is 11.0. The number of carboxylic acid groups (broad SMARTS) is 1. The van der Waals surface area contributed by atoms with Gasteiger partial charge in [0.25, 0.3) is 5.91 Å². The first-order chi connectivity index (χ1) is 16.2. The molecule has 34 heavy (non-hydrogen) atoms. The fourth-order valence-corrected chi connectivity index (χ4v) is 3.88. The number of hydrogen-bond acceptors (Lipinski definition) is 3. The Kier molecular flexibility index (Phi) is 7.81. The number of carbonyl (C=O) groups is 2. The van der Waals surface area contributed by atoms with Crippen molar-refractivity contribution in [2.75, 3.05) is 0 Å². The van der Waals surface area contributed by atoms with Gasteiger partial charge in [0.15, 0.2) is 0 Å². The third kappa shape index (κ3) is 5.68. The van der Waals surface area contributed by atoms with Crippen molar-refractivity contribution in [2.45, 2.75) is 45.5 Å². The molecule has 1 unspecified atom stereocenters. The predicted octanol–water partition coefficient (Wildman–Crippen LogP) is 6.06. The molecule has 1 amide bonds. The van der Waals surface area contributed by atoms with Gasteiger partial charge in [-0.2, -0.15) is 13.2 Å². The first kappa shape index (κ1) is 25.1. The molecule has 180 valence electrons. The van der Waals surface area contributed by atoms with E-state index in [0.29, 0.717) is 23.8 Å². The number of amides is 1. The van der Waals surface area contributed by atoms with E-state index in [1.165, 1.54) is 12.1 Å². The van der Waals surface area contributed by atoms with Crippen LogP contribution in [0.5, 0.6) is 5.75 Å². The summed E-state index contributed by atoms with van der Waals surface area (Å²) in [6.45, 7) is 3.66. The summed E-state index contributed by atoms with van der Waals surface area (Å²) in [5, 5.41) is 13.7. The molecule has 0 aliphatic rings. The summed E-state index contributed by atoms with van der Waals surface area (Å²) >= 11 is 0. The molecular weight excluding hydrogens is 447 g/mol. The minimum Gasteiger partial charge on any atom is -0.487 e. The smallest absolute Gasteiger partial charge is 0.416 e. The number of hydrogen-bond donors (Lipinski definition) is 2. The minimum atomic E-state index is -4.43. The zero-order valence-electron chi connectivity index (χ0n) is 18.9. The van der Waals surface area contributed by atoms with Gasteiger partial charge in [0.05, 0.1) is 11.1 Å². The topological polar surface area (TPSA) is 75.6 Å². The summed E-state index contributed by atoms with van der Waals surface area (Å²) in [4.78, 5) is 25.0. The molecule has 0 fully saturated rings. The van der Waals surface area contributed by atoms with Gasteiger partial charge in [0.1, 0.15) is 18.4 Å². The summed E-state index contributed by atoms with van der Waals surface area (Å²) < 4.78 is 44.5. The standard InChI is InChI=1S/C26H26F3NO4/c1-3-17(4-2)22(25(32)33)30-24(31)21-14-11-18-7-5-6-8-20(18)23(21)34-15-16-9-12-19(13-10-16)26(27,28)29/h5-14,17,22H,3-4,15H2,1-2H3,(H,30,31)(H,32,33). The lowest BCUT2D eigenvalue weighted by Gasteiger charge is -2.23. The van der Waals surface area contributed by atoms with Gasteiger partial charge in [-0.3, -0.25) is 4.79 Å². The van der Waals surface area contributed by atoms with Gasteiger partial charge in [-0.05, 0) is 35.1 Å². The largest absolute Gasteiger partial charge is 0.487 e. The van der Waals surface area contributed by atoms with Crippen molar-refractivity contribution >= 4 is 22.6 Å². The van der Waals surface area contributed by atoms with E-state index in [2.05, 4.69) is 5.32 Å². The molecule has 5 nitrogen and oxygen atoms in total. The van der Waals surface area contributed by atoms with Crippen molar-refractivity contribution in [1.82, 2.24) is 5.32 Å². The van der Waals surface area contributed by atoms with Gasteiger partial charge < -0.3 is 15.2 Å². The average molecular weight is 473 g/mol. The van der Waals surface area contributed by atoms with Gasteiger partial charge in [-0.25, -0.2) is 4.79 Å². The van der Waals surface area contributed by atoms with E-state index >= 15 is 0 Å². The highest BCUT2D eigenvalue weighted by Crippen LogP contribution is 2.32. The number of ether oxygens (including phenoxy) is 1. The van der Waals surface area contributed by atoms with Crippen LogP contribution in [-0.2, 0) is 17.6 Å². The summed E-state index contributed by atoms with van der Waals surface area (Å²) in [6, 6.07) is 14.0. The number of nitrogens with one attached hydrogen (secondary N) is 1. The van der Waals surface area contributed by atoms with Crippen molar-refractivity contribution in [1.29, 1.82) is 0 Å².